The van der Waals surface area contributed by atoms with E-state index in [1.165, 1.54) is 4.90 Å². The summed E-state index contributed by atoms with van der Waals surface area (Å²) >= 11 is 0. The zero-order chi connectivity index (χ0) is 14.2. The van der Waals surface area contributed by atoms with E-state index in [1.54, 1.807) is 39.1 Å². The van der Waals surface area contributed by atoms with Gasteiger partial charge in [0.1, 0.15) is 0 Å². The van der Waals surface area contributed by atoms with Gasteiger partial charge in [0.15, 0.2) is 0 Å². The van der Waals surface area contributed by atoms with Crippen LogP contribution in [0.4, 0.5) is 5.69 Å². The van der Waals surface area contributed by atoms with E-state index < -0.39 is 5.60 Å². The van der Waals surface area contributed by atoms with Crippen molar-refractivity contribution in [1.29, 1.82) is 0 Å². The third kappa shape index (κ3) is 3.12. The van der Waals surface area contributed by atoms with Gasteiger partial charge in [-0.3, -0.25) is 9.59 Å². The third-order valence-electron chi connectivity index (χ3n) is 2.95. The Labute approximate surface area is 112 Å². The van der Waals surface area contributed by atoms with Crippen molar-refractivity contribution < 1.29 is 14.7 Å². The lowest BCUT2D eigenvalue weighted by Gasteiger charge is -2.25. The largest absolute Gasteiger partial charge is 0.389 e. The number of benzene rings is 1. The maximum atomic E-state index is 12.2. The molecule has 2 amide bonds. The van der Waals surface area contributed by atoms with Gasteiger partial charge in [-0.25, -0.2) is 0 Å². The number of fused-ring (bicyclic) bond motifs is 1. The number of aliphatic hydroxyl groups is 1. The van der Waals surface area contributed by atoms with E-state index in [0.29, 0.717) is 17.7 Å². The zero-order valence-electron chi connectivity index (χ0n) is 11.4. The average Bonchev–Trinajstić information content (AvgIpc) is 2.64. The molecule has 5 heteroatoms. The smallest absolute Gasteiger partial charge is 0.253 e. The van der Waals surface area contributed by atoms with Gasteiger partial charge in [-0.15, -0.1) is 0 Å². The number of nitrogens with one attached hydrogen (secondary N) is 1. The topological polar surface area (TPSA) is 69.6 Å². The first-order valence-corrected chi connectivity index (χ1v) is 6.17. The molecule has 1 aliphatic rings. The summed E-state index contributed by atoms with van der Waals surface area (Å²) in [7, 11) is 1.64. The lowest BCUT2D eigenvalue weighted by atomic mass is 10.1. The molecule has 5 nitrogen and oxygen atoms in total. The Balaban J connectivity index is 2.17. The molecule has 1 heterocycles. The Morgan fingerprint density at radius 1 is 1.47 bits per heavy atom. The van der Waals surface area contributed by atoms with Crippen molar-refractivity contribution in [2.45, 2.75) is 25.9 Å². The third-order valence-corrected chi connectivity index (χ3v) is 2.95. The molecule has 0 atom stereocenters. The molecule has 0 radical (unpaired) electrons. The fraction of sp³-hybridized carbons (Fsp3) is 0.429. The predicted octanol–water partition coefficient (Wildman–Crippen LogP) is 1.02. The van der Waals surface area contributed by atoms with E-state index in [9.17, 15) is 14.7 Å². The van der Waals surface area contributed by atoms with Gasteiger partial charge in [0.25, 0.3) is 5.91 Å². The van der Waals surface area contributed by atoms with Crippen LogP contribution in [-0.2, 0) is 11.2 Å². The van der Waals surface area contributed by atoms with Crippen molar-refractivity contribution in [1.82, 2.24) is 4.90 Å². The van der Waals surface area contributed by atoms with Crippen molar-refractivity contribution in [3.05, 3.63) is 29.3 Å². The SMILES string of the molecule is CN(CC(C)(C)O)C(=O)c1ccc2c(c1)NC(=O)C2. The Hall–Kier alpha value is -1.88. The number of carbonyl (C=O) groups excluding carboxylic acids is 2. The number of nitrogens with zero attached hydrogens (tertiary/aromatic N) is 1. The highest BCUT2D eigenvalue weighted by molar-refractivity contribution is 6.02. The predicted molar refractivity (Wildman–Crippen MR) is 72.0 cm³/mol. The quantitative estimate of drug-likeness (QED) is 0.854. The van der Waals surface area contributed by atoms with Gasteiger partial charge in [-0.1, -0.05) is 6.07 Å². The van der Waals surface area contributed by atoms with Crippen molar-refractivity contribution in [2.24, 2.45) is 0 Å². The molecule has 19 heavy (non-hydrogen) atoms. The number of hydrogen-bond acceptors (Lipinski definition) is 3. The van der Waals surface area contributed by atoms with Gasteiger partial charge in [0.2, 0.25) is 5.91 Å². The van der Waals surface area contributed by atoms with Crippen LogP contribution < -0.4 is 5.32 Å². The molecule has 1 aromatic carbocycles. The molecule has 2 rings (SSSR count). The van der Waals surface area contributed by atoms with Crippen LogP contribution in [0.1, 0.15) is 29.8 Å². The zero-order valence-corrected chi connectivity index (χ0v) is 11.4. The molecule has 102 valence electrons. The molecule has 0 unspecified atom stereocenters. The summed E-state index contributed by atoms with van der Waals surface area (Å²) in [6.45, 7) is 3.55. The number of hydrogen-bond donors (Lipinski definition) is 2. The van der Waals surface area contributed by atoms with Crippen LogP contribution in [0, 0.1) is 0 Å². The van der Waals surface area contributed by atoms with Gasteiger partial charge >= 0.3 is 0 Å². The summed E-state index contributed by atoms with van der Waals surface area (Å²) in [6.07, 6.45) is 0.364. The molecule has 0 fully saturated rings. The van der Waals surface area contributed by atoms with E-state index >= 15 is 0 Å². The highest BCUT2D eigenvalue weighted by Gasteiger charge is 2.23. The number of carbonyl (C=O) groups is 2. The second kappa shape index (κ2) is 4.66. The minimum absolute atomic E-state index is 0.0514. The van der Waals surface area contributed by atoms with Crippen molar-refractivity contribution in [3.63, 3.8) is 0 Å². The second-order valence-corrected chi connectivity index (χ2v) is 5.57. The number of likely N-dealkylation sites (N-methyl/N-ethyl adjacent to an activating group) is 1. The lowest BCUT2D eigenvalue weighted by molar-refractivity contribution is -0.115. The van der Waals surface area contributed by atoms with Crippen molar-refractivity contribution in [3.8, 4) is 0 Å². The van der Waals surface area contributed by atoms with Crippen LogP contribution in [0.25, 0.3) is 0 Å². The minimum Gasteiger partial charge on any atom is -0.389 e. The van der Waals surface area contributed by atoms with Crippen LogP contribution >= 0.6 is 0 Å². The summed E-state index contributed by atoms with van der Waals surface area (Å²) in [5.41, 5.74) is 1.18. The van der Waals surface area contributed by atoms with E-state index in [4.69, 9.17) is 0 Å². The van der Waals surface area contributed by atoms with Gasteiger partial charge < -0.3 is 15.3 Å². The summed E-state index contributed by atoms with van der Waals surface area (Å²) in [4.78, 5) is 24.9. The standard InChI is InChI=1S/C14H18N2O3/c1-14(2,19)8-16(3)13(18)10-5-4-9-7-12(17)15-11(9)6-10/h4-6,19H,7-8H2,1-3H3,(H,15,17). The summed E-state index contributed by atoms with van der Waals surface area (Å²) in [5, 5.41) is 12.4. The molecule has 0 bridgehead atoms. The molecule has 0 aromatic heterocycles. The number of amides is 2. The molecule has 0 saturated heterocycles. The maximum Gasteiger partial charge on any atom is 0.253 e. The molecule has 1 aromatic rings. The average molecular weight is 262 g/mol. The Kier molecular flexibility index (Phi) is 3.32. The monoisotopic (exact) mass is 262 g/mol. The summed E-state index contributed by atoms with van der Waals surface area (Å²) in [6, 6.07) is 5.18. The van der Waals surface area contributed by atoms with Crippen LogP contribution in [-0.4, -0.2) is 41.0 Å². The van der Waals surface area contributed by atoms with E-state index in [1.807, 2.05) is 0 Å². The molecule has 0 saturated carbocycles. The first-order valence-electron chi connectivity index (χ1n) is 6.17. The summed E-state index contributed by atoms with van der Waals surface area (Å²) in [5.74, 6) is -0.226. The van der Waals surface area contributed by atoms with Crippen LogP contribution in [0.3, 0.4) is 0 Å². The van der Waals surface area contributed by atoms with Gasteiger partial charge in [0.05, 0.1) is 12.0 Å². The molecular weight excluding hydrogens is 244 g/mol. The van der Waals surface area contributed by atoms with Gasteiger partial charge in [-0.2, -0.15) is 0 Å². The van der Waals surface area contributed by atoms with Crippen LogP contribution in [0.15, 0.2) is 18.2 Å². The molecule has 1 aliphatic heterocycles. The van der Waals surface area contributed by atoms with Crippen molar-refractivity contribution >= 4 is 17.5 Å². The first kappa shape index (κ1) is 13.5. The Morgan fingerprint density at radius 3 is 2.79 bits per heavy atom. The first-order chi connectivity index (χ1) is 8.76. The molecule has 2 N–H and O–H groups in total. The van der Waals surface area contributed by atoms with E-state index in [2.05, 4.69) is 5.32 Å². The van der Waals surface area contributed by atoms with E-state index in [-0.39, 0.29) is 18.4 Å². The number of rotatable bonds is 3. The Morgan fingerprint density at radius 2 is 2.16 bits per heavy atom. The van der Waals surface area contributed by atoms with Gasteiger partial charge in [0, 0.05) is 24.8 Å². The summed E-state index contributed by atoms with van der Waals surface area (Å²) < 4.78 is 0. The van der Waals surface area contributed by atoms with E-state index in [0.717, 1.165) is 5.56 Å². The molecule has 0 aliphatic carbocycles. The minimum atomic E-state index is -0.935. The van der Waals surface area contributed by atoms with Crippen LogP contribution in [0.5, 0.6) is 0 Å². The van der Waals surface area contributed by atoms with Crippen molar-refractivity contribution in [2.75, 3.05) is 18.9 Å². The molecular formula is C14H18N2O3. The highest BCUT2D eigenvalue weighted by Crippen LogP contribution is 2.24. The van der Waals surface area contributed by atoms with Gasteiger partial charge in [-0.05, 0) is 31.5 Å². The van der Waals surface area contributed by atoms with Crippen LogP contribution in [0.2, 0.25) is 0 Å². The fourth-order valence-electron chi connectivity index (χ4n) is 2.22. The normalized spacial score (nSPS) is 14.0. The highest BCUT2D eigenvalue weighted by atomic mass is 16.3. The lowest BCUT2D eigenvalue weighted by Crippen LogP contribution is -2.39. The maximum absolute atomic E-state index is 12.2. The fourth-order valence-corrected chi connectivity index (χ4v) is 2.22. The number of anilines is 1. The molecule has 0 spiro atoms. The Bertz CT molecular complexity index is 532. The second-order valence-electron chi connectivity index (χ2n) is 5.57.